The van der Waals surface area contributed by atoms with Crippen molar-refractivity contribution < 1.29 is 14.6 Å². The first-order valence-electron chi connectivity index (χ1n) is 5.52. The Hall–Kier alpha value is -1.75. The normalized spacial score (nSPS) is 16.5. The number of hydrogen-bond donors (Lipinski definition) is 3. The van der Waals surface area contributed by atoms with Gasteiger partial charge in [0.05, 0.1) is 6.61 Å². The molecule has 5 nitrogen and oxygen atoms in total. The maximum atomic E-state index is 11.0. The molecule has 0 spiro atoms. The Morgan fingerprint density at radius 1 is 1.47 bits per heavy atom. The van der Waals surface area contributed by atoms with E-state index >= 15 is 0 Å². The fourth-order valence-corrected chi connectivity index (χ4v) is 1.66. The molecule has 1 aliphatic rings. The molecule has 1 aliphatic carbocycles. The number of nitrogen functional groups attached to an aromatic ring is 1. The highest BCUT2D eigenvalue weighted by atomic mass is 16.5. The van der Waals surface area contributed by atoms with Crippen molar-refractivity contribution in [1.82, 2.24) is 0 Å². The molecule has 1 saturated carbocycles. The SMILES string of the molecule is NCC1(COc2ccc(N)cc2C(=O)O)CC1. The van der Waals surface area contributed by atoms with Gasteiger partial charge < -0.3 is 21.3 Å². The first-order chi connectivity index (χ1) is 8.06. The summed E-state index contributed by atoms with van der Waals surface area (Å²) in [5.41, 5.74) is 11.7. The van der Waals surface area contributed by atoms with Gasteiger partial charge in [-0.25, -0.2) is 4.79 Å². The van der Waals surface area contributed by atoms with Gasteiger partial charge in [-0.05, 0) is 31.0 Å². The smallest absolute Gasteiger partial charge is 0.339 e. The quantitative estimate of drug-likeness (QED) is 0.664. The molecular weight excluding hydrogens is 220 g/mol. The van der Waals surface area contributed by atoms with E-state index in [1.54, 1.807) is 12.1 Å². The molecule has 5 N–H and O–H groups in total. The van der Waals surface area contributed by atoms with Crippen LogP contribution < -0.4 is 16.2 Å². The molecule has 0 amide bonds. The predicted molar refractivity (Wildman–Crippen MR) is 64.0 cm³/mol. The second-order valence-corrected chi connectivity index (χ2v) is 4.55. The zero-order chi connectivity index (χ0) is 12.5. The lowest BCUT2D eigenvalue weighted by molar-refractivity contribution is 0.0691. The first kappa shape index (κ1) is 11.7. The molecule has 1 aromatic carbocycles. The predicted octanol–water partition coefficient (Wildman–Crippen LogP) is 1.08. The van der Waals surface area contributed by atoms with E-state index in [0.717, 1.165) is 12.8 Å². The summed E-state index contributed by atoms with van der Waals surface area (Å²) < 4.78 is 5.56. The molecule has 0 atom stereocenters. The van der Waals surface area contributed by atoms with Crippen LogP contribution in [0.5, 0.6) is 5.75 Å². The van der Waals surface area contributed by atoms with Crippen LogP contribution in [0.25, 0.3) is 0 Å². The average molecular weight is 236 g/mol. The second-order valence-electron chi connectivity index (χ2n) is 4.55. The molecule has 0 unspecified atom stereocenters. The summed E-state index contributed by atoms with van der Waals surface area (Å²) in [5.74, 6) is -0.684. The molecule has 1 aromatic rings. The highest BCUT2D eigenvalue weighted by molar-refractivity contribution is 5.92. The topological polar surface area (TPSA) is 98.6 Å². The van der Waals surface area contributed by atoms with E-state index in [2.05, 4.69) is 0 Å². The number of carbonyl (C=O) groups is 1. The van der Waals surface area contributed by atoms with Crippen molar-refractivity contribution >= 4 is 11.7 Å². The highest BCUT2D eigenvalue weighted by Gasteiger charge is 2.42. The van der Waals surface area contributed by atoms with Crippen LogP contribution >= 0.6 is 0 Å². The molecule has 2 rings (SSSR count). The van der Waals surface area contributed by atoms with Gasteiger partial charge in [0.25, 0.3) is 0 Å². The Bertz CT molecular complexity index is 441. The van der Waals surface area contributed by atoms with E-state index in [1.807, 2.05) is 0 Å². The van der Waals surface area contributed by atoms with Crippen molar-refractivity contribution in [2.75, 3.05) is 18.9 Å². The van der Waals surface area contributed by atoms with Crippen molar-refractivity contribution in [3.63, 3.8) is 0 Å². The van der Waals surface area contributed by atoms with Gasteiger partial charge in [0.2, 0.25) is 0 Å². The fraction of sp³-hybridized carbons (Fsp3) is 0.417. The van der Waals surface area contributed by atoms with Gasteiger partial charge in [-0.1, -0.05) is 0 Å². The third-order valence-corrected chi connectivity index (χ3v) is 3.16. The van der Waals surface area contributed by atoms with Gasteiger partial charge in [-0.15, -0.1) is 0 Å². The molecule has 1 fully saturated rings. The Kier molecular flexibility index (Phi) is 2.93. The van der Waals surface area contributed by atoms with Crippen LogP contribution in [0.1, 0.15) is 23.2 Å². The van der Waals surface area contributed by atoms with Crippen LogP contribution in [-0.2, 0) is 0 Å². The van der Waals surface area contributed by atoms with Crippen LogP contribution in [0.4, 0.5) is 5.69 Å². The van der Waals surface area contributed by atoms with Crippen LogP contribution in [0.3, 0.4) is 0 Å². The number of carboxylic acids is 1. The molecule has 0 radical (unpaired) electrons. The number of hydrogen-bond acceptors (Lipinski definition) is 4. The zero-order valence-electron chi connectivity index (χ0n) is 9.48. The summed E-state index contributed by atoms with van der Waals surface area (Å²) >= 11 is 0. The molecule has 0 aliphatic heterocycles. The van der Waals surface area contributed by atoms with Crippen LogP contribution in [0.15, 0.2) is 18.2 Å². The monoisotopic (exact) mass is 236 g/mol. The molecule has 0 aromatic heterocycles. The van der Waals surface area contributed by atoms with Crippen LogP contribution in [0.2, 0.25) is 0 Å². The minimum atomic E-state index is -1.04. The summed E-state index contributed by atoms with van der Waals surface area (Å²) in [5, 5.41) is 9.03. The Labute approximate surface area is 99.4 Å². The van der Waals surface area contributed by atoms with Gasteiger partial charge in [0, 0.05) is 17.6 Å². The van der Waals surface area contributed by atoms with Gasteiger partial charge in [0.15, 0.2) is 0 Å². The number of benzene rings is 1. The van der Waals surface area contributed by atoms with E-state index < -0.39 is 5.97 Å². The summed E-state index contributed by atoms with van der Waals surface area (Å²) in [6.07, 6.45) is 2.09. The van der Waals surface area contributed by atoms with Gasteiger partial charge >= 0.3 is 5.97 Å². The van der Waals surface area contributed by atoms with Gasteiger partial charge in [-0.3, -0.25) is 0 Å². The lowest BCUT2D eigenvalue weighted by Crippen LogP contribution is -2.23. The number of anilines is 1. The summed E-state index contributed by atoms with van der Waals surface area (Å²) in [6.45, 7) is 1.04. The Morgan fingerprint density at radius 3 is 2.71 bits per heavy atom. The third-order valence-electron chi connectivity index (χ3n) is 3.16. The standard InChI is InChI=1S/C12H16N2O3/c13-6-12(3-4-12)7-17-10-2-1-8(14)5-9(10)11(15)16/h1-2,5H,3-4,6-7,13-14H2,(H,15,16). The summed E-state index contributed by atoms with van der Waals surface area (Å²) in [4.78, 5) is 11.0. The maximum absolute atomic E-state index is 11.0. The lowest BCUT2D eigenvalue weighted by Gasteiger charge is -2.15. The zero-order valence-corrected chi connectivity index (χ0v) is 9.48. The first-order valence-corrected chi connectivity index (χ1v) is 5.52. The molecule has 17 heavy (non-hydrogen) atoms. The van der Waals surface area contributed by atoms with Crippen molar-refractivity contribution in [1.29, 1.82) is 0 Å². The number of aromatic carboxylic acids is 1. The minimum absolute atomic E-state index is 0.0527. The third kappa shape index (κ3) is 2.50. The molecule has 5 heteroatoms. The van der Waals surface area contributed by atoms with Crippen LogP contribution in [-0.4, -0.2) is 24.2 Å². The molecule has 0 bridgehead atoms. The van der Waals surface area contributed by atoms with E-state index in [0.29, 0.717) is 24.6 Å². The highest BCUT2D eigenvalue weighted by Crippen LogP contribution is 2.44. The van der Waals surface area contributed by atoms with Gasteiger partial charge in [-0.2, -0.15) is 0 Å². The van der Waals surface area contributed by atoms with Crippen molar-refractivity contribution in [3.8, 4) is 5.75 Å². The molecule has 0 saturated heterocycles. The summed E-state index contributed by atoms with van der Waals surface area (Å²) in [7, 11) is 0. The van der Waals surface area contributed by atoms with E-state index in [-0.39, 0.29) is 11.0 Å². The Morgan fingerprint density at radius 2 is 2.18 bits per heavy atom. The summed E-state index contributed by atoms with van der Waals surface area (Å²) in [6, 6.07) is 4.62. The van der Waals surface area contributed by atoms with Gasteiger partial charge in [0.1, 0.15) is 11.3 Å². The number of nitrogens with two attached hydrogens (primary N) is 2. The van der Waals surface area contributed by atoms with E-state index in [9.17, 15) is 4.79 Å². The van der Waals surface area contributed by atoms with Crippen molar-refractivity contribution in [2.45, 2.75) is 12.8 Å². The van der Waals surface area contributed by atoms with Crippen LogP contribution in [0, 0.1) is 5.41 Å². The Balaban J connectivity index is 2.12. The fourth-order valence-electron chi connectivity index (χ4n) is 1.66. The van der Waals surface area contributed by atoms with E-state index in [4.69, 9.17) is 21.3 Å². The van der Waals surface area contributed by atoms with E-state index in [1.165, 1.54) is 6.07 Å². The second kappa shape index (κ2) is 4.25. The number of rotatable bonds is 5. The largest absolute Gasteiger partial charge is 0.492 e. The number of ether oxygens (including phenoxy) is 1. The maximum Gasteiger partial charge on any atom is 0.339 e. The molecule has 0 heterocycles. The lowest BCUT2D eigenvalue weighted by atomic mass is 10.1. The average Bonchev–Trinajstić information content (AvgIpc) is 3.08. The molecular formula is C12H16N2O3. The minimum Gasteiger partial charge on any atom is -0.492 e. The number of carboxylic acid groups (broad SMARTS) is 1. The molecule has 92 valence electrons. The van der Waals surface area contributed by atoms with Crippen molar-refractivity contribution in [3.05, 3.63) is 23.8 Å². The van der Waals surface area contributed by atoms with Crippen molar-refractivity contribution in [2.24, 2.45) is 11.1 Å².